The molecule has 1 amide bonds. The molecule has 1 saturated carbocycles. The van der Waals surface area contributed by atoms with Crippen LogP contribution in [-0.4, -0.2) is 40.2 Å². The second kappa shape index (κ2) is 8.31. The first-order valence-electron chi connectivity index (χ1n) is 11.0. The molecule has 1 N–H and O–H groups in total. The maximum absolute atomic E-state index is 13.0. The highest BCUT2D eigenvalue weighted by Crippen LogP contribution is 2.40. The number of hydrogen-bond acceptors (Lipinski definition) is 3. The molecule has 1 aliphatic carbocycles. The number of amides is 1. The molecule has 0 bridgehead atoms. The maximum Gasteiger partial charge on any atom is 0.269 e. The quantitative estimate of drug-likeness (QED) is 0.800. The van der Waals surface area contributed by atoms with E-state index < -0.39 is 0 Å². The average molecular weight is 395 g/mol. The Balaban J connectivity index is 1.36. The summed E-state index contributed by atoms with van der Waals surface area (Å²) in [6.07, 6.45) is 4.76. The Labute approximate surface area is 174 Å². The van der Waals surface area contributed by atoms with Crippen LogP contribution < -0.4 is 5.32 Å². The SMILES string of the molecule is CC(C)(C)n1nc(C2CC2)cc1C(=O)NCC1CCCN(Cc2ccccc2)C1. The second-order valence-electron chi connectivity index (χ2n) is 9.75. The van der Waals surface area contributed by atoms with Gasteiger partial charge in [0.1, 0.15) is 5.69 Å². The van der Waals surface area contributed by atoms with Gasteiger partial charge in [-0.3, -0.25) is 14.4 Å². The Kier molecular flexibility index (Phi) is 5.77. The third-order valence-corrected chi connectivity index (χ3v) is 6.00. The van der Waals surface area contributed by atoms with Crippen LogP contribution in [0.1, 0.15) is 74.1 Å². The van der Waals surface area contributed by atoms with E-state index in [4.69, 9.17) is 5.10 Å². The van der Waals surface area contributed by atoms with Crippen molar-refractivity contribution in [3.63, 3.8) is 0 Å². The van der Waals surface area contributed by atoms with E-state index in [1.807, 2.05) is 10.7 Å². The zero-order chi connectivity index (χ0) is 20.4. The van der Waals surface area contributed by atoms with E-state index in [0.29, 0.717) is 17.5 Å². The van der Waals surface area contributed by atoms with Crippen LogP contribution in [0.2, 0.25) is 0 Å². The zero-order valence-electron chi connectivity index (χ0n) is 18.0. The lowest BCUT2D eigenvalue weighted by Crippen LogP contribution is -2.41. The molecular formula is C24H34N4O. The van der Waals surface area contributed by atoms with Gasteiger partial charge in [-0.05, 0) is 70.5 Å². The molecule has 1 saturated heterocycles. The Morgan fingerprint density at radius 3 is 2.62 bits per heavy atom. The molecule has 0 spiro atoms. The van der Waals surface area contributed by atoms with E-state index in [2.05, 4.69) is 61.3 Å². The van der Waals surface area contributed by atoms with Crippen molar-refractivity contribution in [2.24, 2.45) is 5.92 Å². The van der Waals surface area contributed by atoms with E-state index >= 15 is 0 Å². The van der Waals surface area contributed by atoms with Crippen LogP contribution in [0.3, 0.4) is 0 Å². The van der Waals surface area contributed by atoms with Crippen molar-refractivity contribution in [3.05, 3.63) is 53.3 Å². The molecule has 0 radical (unpaired) electrons. The summed E-state index contributed by atoms with van der Waals surface area (Å²) >= 11 is 0. The lowest BCUT2D eigenvalue weighted by Gasteiger charge is -2.33. The third-order valence-electron chi connectivity index (χ3n) is 6.00. The normalized spacial score (nSPS) is 20.6. The molecule has 4 rings (SSSR count). The van der Waals surface area contributed by atoms with Crippen molar-refractivity contribution in [1.82, 2.24) is 20.0 Å². The van der Waals surface area contributed by atoms with Gasteiger partial charge in [0, 0.05) is 25.6 Å². The Bertz CT molecular complexity index is 832. The molecule has 1 aromatic carbocycles. The van der Waals surface area contributed by atoms with E-state index in [1.165, 1.54) is 31.2 Å². The number of carbonyl (C=O) groups excluding carboxylic acids is 1. The van der Waals surface area contributed by atoms with Crippen LogP contribution in [0.15, 0.2) is 36.4 Å². The molecule has 2 fully saturated rings. The third kappa shape index (κ3) is 5.08. The molecule has 5 nitrogen and oxygen atoms in total. The molecule has 156 valence electrons. The molecule has 5 heteroatoms. The Morgan fingerprint density at radius 1 is 1.17 bits per heavy atom. The summed E-state index contributed by atoms with van der Waals surface area (Å²) in [6, 6.07) is 12.7. The summed E-state index contributed by atoms with van der Waals surface area (Å²) in [5.74, 6) is 1.07. The van der Waals surface area contributed by atoms with E-state index in [1.54, 1.807) is 0 Å². The van der Waals surface area contributed by atoms with Gasteiger partial charge in [0.2, 0.25) is 0 Å². The lowest BCUT2D eigenvalue weighted by molar-refractivity contribution is 0.0912. The molecule has 2 heterocycles. The summed E-state index contributed by atoms with van der Waals surface area (Å²) in [7, 11) is 0. The highest BCUT2D eigenvalue weighted by atomic mass is 16.2. The number of nitrogens with one attached hydrogen (secondary N) is 1. The molecule has 1 atom stereocenters. The highest BCUT2D eigenvalue weighted by molar-refractivity contribution is 5.92. The zero-order valence-corrected chi connectivity index (χ0v) is 18.0. The van der Waals surface area contributed by atoms with Gasteiger partial charge in [-0.1, -0.05) is 30.3 Å². The van der Waals surface area contributed by atoms with Crippen molar-refractivity contribution in [3.8, 4) is 0 Å². The molecule has 29 heavy (non-hydrogen) atoms. The minimum Gasteiger partial charge on any atom is -0.350 e. The first-order chi connectivity index (χ1) is 13.9. The number of carbonyl (C=O) groups is 1. The van der Waals surface area contributed by atoms with Crippen LogP contribution in [-0.2, 0) is 12.1 Å². The molecule has 2 aromatic rings. The standard InChI is InChI=1S/C24H34N4O/c1-24(2,3)28-22(14-21(26-28)20-11-12-20)23(29)25-15-19-10-7-13-27(17-19)16-18-8-5-4-6-9-18/h4-6,8-9,14,19-20H,7,10-13,15-17H2,1-3H3,(H,25,29). The summed E-state index contributed by atoms with van der Waals surface area (Å²) < 4.78 is 1.92. The number of rotatable bonds is 6. The van der Waals surface area contributed by atoms with Gasteiger partial charge in [-0.15, -0.1) is 0 Å². The lowest BCUT2D eigenvalue weighted by atomic mass is 9.97. The fraction of sp³-hybridized carbons (Fsp3) is 0.583. The molecular weight excluding hydrogens is 360 g/mol. The van der Waals surface area contributed by atoms with Crippen molar-refractivity contribution >= 4 is 5.91 Å². The van der Waals surface area contributed by atoms with Crippen molar-refractivity contribution in [2.75, 3.05) is 19.6 Å². The fourth-order valence-corrected chi connectivity index (χ4v) is 4.28. The Morgan fingerprint density at radius 2 is 1.93 bits per heavy atom. The first-order valence-corrected chi connectivity index (χ1v) is 11.0. The number of aromatic nitrogens is 2. The number of piperidine rings is 1. The van der Waals surface area contributed by atoms with Gasteiger partial charge in [0.05, 0.1) is 11.2 Å². The van der Waals surface area contributed by atoms with Gasteiger partial charge in [0.25, 0.3) is 5.91 Å². The van der Waals surface area contributed by atoms with Gasteiger partial charge < -0.3 is 5.32 Å². The monoisotopic (exact) mass is 394 g/mol. The Hall–Kier alpha value is -2.14. The molecule has 1 aromatic heterocycles. The summed E-state index contributed by atoms with van der Waals surface area (Å²) in [6.45, 7) is 10.2. The van der Waals surface area contributed by atoms with Crippen LogP contribution in [0.25, 0.3) is 0 Å². The molecule has 1 aliphatic heterocycles. The first kappa shape index (κ1) is 20.1. The van der Waals surface area contributed by atoms with Crippen molar-refractivity contribution < 1.29 is 4.79 Å². The van der Waals surface area contributed by atoms with Crippen LogP contribution in [0, 0.1) is 5.92 Å². The second-order valence-corrected chi connectivity index (χ2v) is 9.75. The average Bonchev–Trinajstić information content (AvgIpc) is 3.44. The van der Waals surface area contributed by atoms with Crippen molar-refractivity contribution in [2.45, 2.75) is 64.5 Å². The predicted octanol–water partition coefficient (Wildman–Crippen LogP) is 4.16. The van der Waals surface area contributed by atoms with Crippen LogP contribution in [0.5, 0.6) is 0 Å². The topological polar surface area (TPSA) is 50.2 Å². The largest absolute Gasteiger partial charge is 0.350 e. The van der Waals surface area contributed by atoms with Crippen molar-refractivity contribution in [1.29, 1.82) is 0 Å². The van der Waals surface area contributed by atoms with Crippen LogP contribution in [0.4, 0.5) is 0 Å². The number of nitrogens with zero attached hydrogens (tertiary/aromatic N) is 3. The maximum atomic E-state index is 13.0. The van der Waals surface area contributed by atoms with E-state index in [0.717, 1.165) is 31.9 Å². The summed E-state index contributed by atoms with van der Waals surface area (Å²) in [5, 5.41) is 7.98. The van der Waals surface area contributed by atoms with Gasteiger partial charge >= 0.3 is 0 Å². The molecule has 1 unspecified atom stereocenters. The smallest absolute Gasteiger partial charge is 0.269 e. The molecule has 2 aliphatic rings. The summed E-state index contributed by atoms with van der Waals surface area (Å²) in [5.41, 5.74) is 2.95. The number of hydrogen-bond donors (Lipinski definition) is 1. The minimum absolute atomic E-state index is 0.0134. The van der Waals surface area contributed by atoms with Gasteiger partial charge in [-0.25, -0.2) is 0 Å². The van der Waals surface area contributed by atoms with Gasteiger partial charge in [0.15, 0.2) is 0 Å². The van der Waals surface area contributed by atoms with E-state index in [9.17, 15) is 4.79 Å². The fourth-order valence-electron chi connectivity index (χ4n) is 4.28. The van der Waals surface area contributed by atoms with Crippen LogP contribution >= 0.6 is 0 Å². The van der Waals surface area contributed by atoms with E-state index in [-0.39, 0.29) is 11.4 Å². The highest BCUT2D eigenvalue weighted by Gasteiger charge is 2.31. The number of benzene rings is 1. The summed E-state index contributed by atoms with van der Waals surface area (Å²) in [4.78, 5) is 15.5. The van der Waals surface area contributed by atoms with Gasteiger partial charge in [-0.2, -0.15) is 5.10 Å². The minimum atomic E-state index is -0.197. The number of likely N-dealkylation sites (tertiary alicyclic amines) is 1. The predicted molar refractivity (Wildman–Crippen MR) is 116 cm³/mol.